The summed E-state index contributed by atoms with van der Waals surface area (Å²) in [5.74, 6) is 0. The number of unbranched alkanes of at least 4 members (excludes halogenated alkanes) is 1. The molecule has 2 heteroatoms. The molecule has 0 bridgehead atoms. The molecule has 0 aromatic heterocycles. The van der Waals surface area contributed by atoms with Crippen molar-refractivity contribution in [3.63, 3.8) is 0 Å². The highest BCUT2D eigenvalue weighted by Crippen LogP contribution is 2.24. The maximum absolute atomic E-state index is 10.4. The van der Waals surface area contributed by atoms with Gasteiger partial charge in [-0.1, -0.05) is 65.3 Å². The smallest absolute Gasteiger partial charge is 0.0916 e. The molecule has 1 N–H and O–H groups in total. The van der Waals surface area contributed by atoms with Gasteiger partial charge in [0.05, 0.1) is 6.10 Å². The Hall–Kier alpha value is -0.860. The summed E-state index contributed by atoms with van der Waals surface area (Å²) in [5.41, 5.74) is 2.50. The lowest BCUT2D eigenvalue weighted by Gasteiger charge is -2.24. The van der Waals surface area contributed by atoms with Crippen molar-refractivity contribution < 1.29 is 5.11 Å². The van der Waals surface area contributed by atoms with Crippen LogP contribution >= 0.6 is 0 Å². The van der Waals surface area contributed by atoms with E-state index in [0.717, 1.165) is 25.2 Å². The van der Waals surface area contributed by atoms with Crippen molar-refractivity contribution in [2.45, 2.75) is 59.0 Å². The second-order valence-corrected chi connectivity index (χ2v) is 6.63. The zero-order chi connectivity index (χ0) is 15.2. The van der Waals surface area contributed by atoms with Crippen molar-refractivity contribution in [3.05, 3.63) is 35.4 Å². The SMILES string of the molecule is CCCCN(CC)CC(O)c1ccc(C(C)(C)C)cc1. The van der Waals surface area contributed by atoms with Crippen LogP contribution in [0.15, 0.2) is 24.3 Å². The summed E-state index contributed by atoms with van der Waals surface area (Å²) < 4.78 is 0. The average Bonchev–Trinajstić information content (AvgIpc) is 2.42. The normalized spacial score (nSPS) is 13.8. The third-order valence-corrected chi connectivity index (χ3v) is 3.87. The van der Waals surface area contributed by atoms with Gasteiger partial charge in [0.2, 0.25) is 0 Å². The Kier molecular flexibility index (Phi) is 6.70. The van der Waals surface area contributed by atoms with E-state index in [1.165, 1.54) is 18.4 Å². The Morgan fingerprint density at radius 1 is 1.10 bits per heavy atom. The number of likely N-dealkylation sites (N-methyl/N-ethyl adjacent to an activating group) is 1. The number of nitrogens with zero attached hydrogens (tertiary/aromatic N) is 1. The molecule has 0 fully saturated rings. The summed E-state index contributed by atoms with van der Waals surface area (Å²) in [6.07, 6.45) is 2.01. The largest absolute Gasteiger partial charge is 0.387 e. The van der Waals surface area contributed by atoms with E-state index in [1.54, 1.807) is 0 Å². The van der Waals surface area contributed by atoms with Crippen molar-refractivity contribution in [1.29, 1.82) is 0 Å². The molecule has 1 aromatic rings. The van der Waals surface area contributed by atoms with Gasteiger partial charge in [-0.3, -0.25) is 0 Å². The fourth-order valence-electron chi connectivity index (χ4n) is 2.32. The Morgan fingerprint density at radius 2 is 1.70 bits per heavy atom. The van der Waals surface area contributed by atoms with E-state index < -0.39 is 0 Å². The highest BCUT2D eigenvalue weighted by molar-refractivity contribution is 5.28. The fourth-order valence-corrected chi connectivity index (χ4v) is 2.32. The Morgan fingerprint density at radius 3 is 2.15 bits per heavy atom. The molecule has 0 radical (unpaired) electrons. The molecule has 2 nitrogen and oxygen atoms in total. The molecule has 0 aliphatic heterocycles. The number of benzene rings is 1. The average molecular weight is 277 g/mol. The minimum atomic E-state index is -0.388. The highest BCUT2D eigenvalue weighted by Gasteiger charge is 2.16. The van der Waals surface area contributed by atoms with Crippen LogP contribution in [0.5, 0.6) is 0 Å². The number of aliphatic hydroxyl groups excluding tert-OH is 1. The van der Waals surface area contributed by atoms with Crippen LogP contribution in [0.3, 0.4) is 0 Å². The molecule has 0 aliphatic rings. The number of rotatable bonds is 7. The molecule has 0 aliphatic carbocycles. The molecule has 114 valence electrons. The van der Waals surface area contributed by atoms with E-state index in [-0.39, 0.29) is 11.5 Å². The molecule has 1 rings (SSSR count). The summed E-state index contributed by atoms with van der Waals surface area (Å²) >= 11 is 0. The summed E-state index contributed by atoms with van der Waals surface area (Å²) in [6, 6.07) is 8.42. The van der Waals surface area contributed by atoms with Crippen LogP contribution in [0.1, 0.15) is 64.7 Å². The van der Waals surface area contributed by atoms with Crippen molar-refractivity contribution in [3.8, 4) is 0 Å². The van der Waals surface area contributed by atoms with E-state index in [0.29, 0.717) is 0 Å². The predicted molar refractivity (Wildman–Crippen MR) is 87.1 cm³/mol. The minimum absolute atomic E-state index is 0.167. The van der Waals surface area contributed by atoms with Crippen LogP contribution in [0.25, 0.3) is 0 Å². The molecular formula is C18H31NO. The van der Waals surface area contributed by atoms with Crippen LogP contribution in [0.4, 0.5) is 0 Å². The summed E-state index contributed by atoms with van der Waals surface area (Å²) in [7, 11) is 0. The van der Waals surface area contributed by atoms with E-state index in [2.05, 4.69) is 63.8 Å². The highest BCUT2D eigenvalue weighted by atomic mass is 16.3. The van der Waals surface area contributed by atoms with Gasteiger partial charge in [-0.25, -0.2) is 0 Å². The molecule has 1 atom stereocenters. The van der Waals surface area contributed by atoms with Crippen LogP contribution in [-0.2, 0) is 5.41 Å². The van der Waals surface area contributed by atoms with Crippen LogP contribution in [0.2, 0.25) is 0 Å². The molecule has 1 aromatic carbocycles. The van der Waals surface area contributed by atoms with E-state index in [4.69, 9.17) is 0 Å². The van der Waals surface area contributed by atoms with Gasteiger partial charge in [0, 0.05) is 6.54 Å². The molecule has 0 spiro atoms. The molecule has 0 amide bonds. The Bertz CT molecular complexity index is 377. The fraction of sp³-hybridized carbons (Fsp3) is 0.667. The monoisotopic (exact) mass is 277 g/mol. The molecule has 1 unspecified atom stereocenters. The van der Waals surface area contributed by atoms with Gasteiger partial charge in [-0.15, -0.1) is 0 Å². The third-order valence-electron chi connectivity index (χ3n) is 3.87. The molecule has 0 saturated carbocycles. The first-order valence-corrected chi connectivity index (χ1v) is 7.89. The first-order chi connectivity index (χ1) is 9.38. The predicted octanol–water partition coefficient (Wildman–Crippen LogP) is 4.14. The standard InChI is InChI=1S/C18H31NO/c1-6-8-13-19(7-2)14-17(20)15-9-11-16(12-10-15)18(3,4)5/h9-12,17,20H,6-8,13-14H2,1-5H3. The maximum atomic E-state index is 10.4. The minimum Gasteiger partial charge on any atom is -0.387 e. The maximum Gasteiger partial charge on any atom is 0.0916 e. The summed E-state index contributed by atoms with van der Waals surface area (Å²) in [5, 5.41) is 10.4. The van der Waals surface area contributed by atoms with Crippen molar-refractivity contribution in [1.82, 2.24) is 4.90 Å². The second kappa shape index (κ2) is 7.80. The van der Waals surface area contributed by atoms with Crippen molar-refractivity contribution in [2.24, 2.45) is 0 Å². The van der Waals surface area contributed by atoms with E-state index >= 15 is 0 Å². The Labute approximate surface area is 124 Å². The first-order valence-electron chi connectivity index (χ1n) is 7.89. The van der Waals surface area contributed by atoms with Crippen LogP contribution in [0, 0.1) is 0 Å². The van der Waals surface area contributed by atoms with Gasteiger partial charge in [0.25, 0.3) is 0 Å². The Balaban J connectivity index is 2.65. The van der Waals surface area contributed by atoms with E-state index in [9.17, 15) is 5.11 Å². The molecular weight excluding hydrogens is 246 g/mol. The van der Waals surface area contributed by atoms with Crippen molar-refractivity contribution >= 4 is 0 Å². The van der Waals surface area contributed by atoms with Crippen LogP contribution < -0.4 is 0 Å². The number of hydrogen-bond acceptors (Lipinski definition) is 2. The third kappa shape index (κ3) is 5.26. The van der Waals surface area contributed by atoms with Gasteiger partial charge in [-0.05, 0) is 36.1 Å². The summed E-state index contributed by atoms with van der Waals surface area (Å²) in [4.78, 5) is 2.33. The van der Waals surface area contributed by atoms with Crippen LogP contribution in [-0.4, -0.2) is 29.6 Å². The van der Waals surface area contributed by atoms with E-state index in [1.807, 2.05) is 0 Å². The van der Waals surface area contributed by atoms with Gasteiger partial charge < -0.3 is 10.0 Å². The van der Waals surface area contributed by atoms with Gasteiger partial charge in [-0.2, -0.15) is 0 Å². The first kappa shape index (κ1) is 17.2. The van der Waals surface area contributed by atoms with Gasteiger partial charge in [0.15, 0.2) is 0 Å². The topological polar surface area (TPSA) is 23.5 Å². The molecule has 0 saturated heterocycles. The lowest BCUT2D eigenvalue weighted by molar-refractivity contribution is 0.115. The van der Waals surface area contributed by atoms with Crippen molar-refractivity contribution in [2.75, 3.05) is 19.6 Å². The molecule has 0 heterocycles. The number of hydrogen-bond donors (Lipinski definition) is 1. The van der Waals surface area contributed by atoms with Gasteiger partial charge in [0.1, 0.15) is 0 Å². The quantitative estimate of drug-likeness (QED) is 0.809. The lowest BCUT2D eigenvalue weighted by Crippen LogP contribution is -2.29. The second-order valence-electron chi connectivity index (χ2n) is 6.63. The zero-order valence-corrected chi connectivity index (χ0v) is 13.8. The van der Waals surface area contributed by atoms with Gasteiger partial charge >= 0.3 is 0 Å². The lowest BCUT2D eigenvalue weighted by atomic mass is 9.86. The number of aliphatic hydroxyl groups is 1. The molecule has 20 heavy (non-hydrogen) atoms. The zero-order valence-electron chi connectivity index (χ0n) is 13.8. The summed E-state index contributed by atoms with van der Waals surface area (Å²) in [6.45, 7) is 13.8.